The van der Waals surface area contributed by atoms with E-state index in [9.17, 15) is 4.79 Å². The first kappa shape index (κ1) is 24.8. The molecular weight excluding hydrogens is 508 g/mol. The quantitative estimate of drug-likeness (QED) is 0.276. The van der Waals surface area contributed by atoms with Crippen molar-refractivity contribution < 1.29 is 13.9 Å². The Hall–Kier alpha value is -3.88. The summed E-state index contributed by atoms with van der Waals surface area (Å²) < 4.78 is 11.9. The van der Waals surface area contributed by atoms with E-state index in [1.54, 1.807) is 19.4 Å². The average Bonchev–Trinajstić information content (AvgIpc) is 3.50. The number of aromatic nitrogens is 1. The highest BCUT2D eigenvalue weighted by Crippen LogP contribution is 2.44. The predicted octanol–water partition coefficient (Wildman–Crippen LogP) is 6.45. The van der Waals surface area contributed by atoms with Gasteiger partial charge >= 0.3 is 0 Å². The second-order valence-corrected chi connectivity index (χ2v) is 9.55. The minimum atomic E-state index is -0.353. The molecule has 9 heteroatoms. The van der Waals surface area contributed by atoms with E-state index in [0.717, 1.165) is 22.5 Å². The Morgan fingerprint density at radius 1 is 1.16 bits per heavy atom. The molecule has 1 saturated heterocycles. The van der Waals surface area contributed by atoms with E-state index in [1.165, 1.54) is 6.92 Å². The number of ether oxygens (including phenoxy) is 1. The fourth-order valence-corrected chi connectivity index (χ4v) is 5.09. The number of furan rings is 1. The molecule has 2 aromatic carbocycles. The molecule has 5 rings (SSSR count). The highest BCUT2D eigenvalue weighted by atomic mass is 35.5. The zero-order chi connectivity index (χ0) is 26.1. The molecule has 7 nitrogen and oxygen atoms in total. The summed E-state index contributed by atoms with van der Waals surface area (Å²) in [6.45, 7) is 3.47. The van der Waals surface area contributed by atoms with Gasteiger partial charge in [-0.05, 0) is 79.3 Å². The molecule has 0 radical (unpaired) electrons. The van der Waals surface area contributed by atoms with Gasteiger partial charge in [0.05, 0.1) is 24.5 Å². The summed E-state index contributed by atoms with van der Waals surface area (Å²) in [6.07, 6.45) is 1.75. The number of amides is 1. The number of hydrogen-bond acceptors (Lipinski definition) is 5. The van der Waals surface area contributed by atoms with E-state index in [4.69, 9.17) is 33.0 Å². The zero-order valence-corrected chi connectivity index (χ0v) is 22.1. The average molecular weight is 533 g/mol. The Morgan fingerprint density at radius 3 is 2.73 bits per heavy atom. The summed E-state index contributed by atoms with van der Waals surface area (Å²) in [6, 6.07) is 20.3. The number of methoxy groups -OCH3 is 1. The largest absolute Gasteiger partial charge is 0.495 e. The predicted molar refractivity (Wildman–Crippen MR) is 149 cm³/mol. The number of benzene rings is 2. The number of pyridine rings is 1. The number of aryl methyl sites for hydroxylation is 1. The van der Waals surface area contributed by atoms with Crippen LogP contribution in [0.25, 0.3) is 11.3 Å². The van der Waals surface area contributed by atoms with Crippen molar-refractivity contribution >= 4 is 46.2 Å². The summed E-state index contributed by atoms with van der Waals surface area (Å²) in [5.74, 6) is 1.76. The van der Waals surface area contributed by atoms with Gasteiger partial charge in [0.1, 0.15) is 23.3 Å². The number of anilines is 2. The number of rotatable bonds is 6. The van der Waals surface area contributed by atoms with Gasteiger partial charge in [-0.15, -0.1) is 0 Å². The van der Waals surface area contributed by atoms with Gasteiger partial charge in [0.25, 0.3) is 0 Å². The zero-order valence-electron chi connectivity index (χ0n) is 20.5. The van der Waals surface area contributed by atoms with E-state index in [0.29, 0.717) is 33.1 Å². The van der Waals surface area contributed by atoms with Crippen molar-refractivity contribution in [1.29, 1.82) is 0 Å². The molecule has 2 aromatic heterocycles. The molecule has 4 aromatic rings. The maximum absolute atomic E-state index is 11.8. The monoisotopic (exact) mass is 532 g/mol. The van der Waals surface area contributed by atoms with E-state index in [2.05, 4.69) is 15.6 Å². The van der Waals surface area contributed by atoms with Crippen LogP contribution in [0.2, 0.25) is 5.02 Å². The van der Waals surface area contributed by atoms with Crippen LogP contribution in [-0.2, 0) is 4.79 Å². The lowest BCUT2D eigenvalue weighted by Gasteiger charge is -2.27. The second kappa shape index (κ2) is 10.2. The third-order valence-corrected chi connectivity index (χ3v) is 6.80. The summed E-state index contributed by atoms with van der Waals surface area (Å²) in [7, 11) is 1.56. The van der Waals surface area contributed by atoms with Crippen LogP contribution in [0.4, 0.5) is 11.4 Å². The third-order valence-electron chi connectivity index (χ3n) is 6.25. The van der Waals surface area contributed by atoms with Gasteiger partial charge in [-0.1, -0.05) is 23.7 Å². The highest BCUT2D eigenvalue weighted by Gasteiger charge is 2.42. The van der Waals surface area contributed by atoms with Crippen molar-refractivity contribution in [3.05, 3.63) is 95.0 Å². The SMILES string of the molecule is COc1ccc(N2C(=S)N[C@H](c3ccccn3)[C@H]2c2ccc(-c3cc(Cl)ccc3C)o2)cc1NC(C)=O. The molecule has 1 fully saturated rings. The fourth-order valence-electron chi connectivity index (χ4n) is 4.57. The third kappa shape index (κ3) is 4.90. The Balaban J connectivity index is 1.62. The molecule has 1 aliphatic heterocycles. The van der Waals surface area contributed by atoms with Crippen molar-refractivity contribution in [2.24, 2.45) is 0 Å². The number of nitrogens with zero attached hydrogens (tertiary/aromatic N) is 2. The van der Waals surface area contributed by atoms with E-state index in [1.807, 2.05) is 72.5 Å². The van der Waals surface area contributed by atoms with Crippen molar-refractivity contribution in [2.75, 3.05) is 17.3 Å². The van der Waals surface area contributed by atoms with Gasteiger partial charge in [-0.2, -0.15) is 0 Å². The summed E-state index contributed by atoms with van der Waals surface area (Å²) >= 11 is 12.1. The maximum atomic E-state index is 11.8. The van der Waals surface area contributed by atoms with Crippen LogP contribution in [-0.4, -0.2) is 23.1 Å². The molecule has 1 amide bonds. The fraction of sp³-hybridized carbons (Fsp3) is 0.179. The lowest BCUT2D eigenvalue weighted by molar-refractivity contribution is -0.114. The first-order valence-corrected chi connectivity index (χ1v) is 12.5. The molecule has 0 bridgehead atoms. The molecule has 1 aliphatic rings. The van der Waals surface area contributed by atoms with Gasteiger partial charge < -0.3 is 24.7 Å². The van der Waals surface area contributed by atoms with Gasteiger partial charge in [0, 0.05) is 29.4 Å². The van der Waals surface area contributed by atoms with Crippen LogP contribution in [0.3, 0.4) is 0 Å². The van der Waals surface area contributed by atoms with Crippen molar-refractivity contribution in [3.8, 4) is 17.1 Å². The van der Waals surface area contributed by atoms with Crippen LogP contribution < -0.4 is 20.3 Å². The molecule has 3 heterocycles. The first-order chi connectivity index (χ1) is 17.9. The maximum Gasteiger partial charge on any atom is 0.221 e. The van der Waals surface area contributed by atoms with Crippen LogP contribution in [0, 0.1) is 6.92 Å². The molecule has 0 unspecified atom stereocenters. The molecule has 188 valence electrons. The number of carbonyl (C=O) groups is 1. The molecule has 37 heavy (non-hydrogen) atoms. The lowest BCUT2D eigenvalue weighted by atomic mass is 10.0. The minimum Gasteiger partial charge on any atom is -0.495 e. The molecule has 0 saturated carbocycles. The van der Waals surface area contributed by atoms with Gasteiger partial charge in [-0.3, -0.25) is 9.78 Å². The number of thiocarbonyl (C=S) groups is 1. The summed E-state index contributed by atoms with van der Waals surface area (Å²) in [5, 5.41) is 7.40. The summed E-state index contributed by atoms with van der Waals surface area (Å²) in [4.78, 5) is 18.4. The Kier molecular flexibility index (Phi) is 6.86. The van der Waals surface area contributed by atoms with Gasteiger partial charge in [-0.25, -0.2) is 0 Å². The van der Waals surface area contributed by atoms with E-state index >= 15 is 0 Å². The highest BCUT2D eigenvalue weighted by molar-refractivity contribution is 7.80. The Bertz CT molecular complexity index is 1470. The molecule has 0 aliphatic carbocycles. The smallest absolute Gasteiger partial charge is 0.221 e. The first-order valence-electron chi connectivity index (χ1n) is 11.7. The second-order valence-electron chi connectivity index (χ2n) is 8.72. The number of nitrogens with one attached hydrogen (secondary N) is 2. The van der Waals surface area contributed by atoms with E-state index in [-0.39, 0.29) is 18.0 Å². The number of hydrogen-bond donors (Lipinski definition) is 2. The van der Waals surface area contributed by atoms with Crippen molar-refractivity contribution in [2.45, 2.75) is 25.9 Å². The summed E-state index contributed by atoms with van der Waals surface area (Å²) in [5.41, 5.74) is 4.11. The molecular formula is C28H25ClN4O3S. The standard InChI is InChI=1S/C28H25ClN4O3S/c1-16-7-8-18(29)14-20(16)23-11-12-25(36-23)27-26(21-6-4-5-13-30-21)32-28(37)33(27)19-9-10-24(35-3)22(15-19)31-17(2)34/h4-15,26-27H,1-3H3,(H,31,34)(H,32,37)/t26-,27-/m1/s1. The van der Waals surface area contributed by atoms with Crippen LogP contribution >= 0.6 is 23.8 Å². The van der Waals surface area contributed by atoms with Crippen LogP contribution in [0.5, 0.6) is 5.75 Å². The lowest BCUT2D eigenvalue weighted by Crippen LogP contribution is -2.29. The van der Waals surface area contributed by atoms with E-state index < -0.39 is 0 Å². The molecule has 2 atom stereocenters. The number of carbonyl (C=O) groups excluding carboxylic acids is 1. The van der Waals surface area contributed by atoms with Crippen molar-refractivity contribution in [1.82, 2.24) is 10.3 Å². The molecule has 0 spiro atoms. The van der Waals surface area contributed by atoms with Gasteiger partial charge in [0.15, 0.2) is 5.11 Å². The minimum absolute atomic E-state index is 0.201. The van der Waals surface area contributed by atoms with Gasteiger partial charge in [0.2, 0.25) is 5.91 Å². The topological polar surface area (TPSA) is 79.6 Å². The molecule has 2 N–H and O–H groups in total. The number of halogens is 1. The van der Waals surface area contributed by atoms with Crippen molar-refractivity contribution in [3.63, 3.8) is 0 Å². The van der Waals surface area contributed by atoms with Crippen LogP contribution in [0.1, 0.15) is 36.0 Å². The normalized spacial score (nSPS) is 17.0. The Morgan fingerprint density at radius 2 is 2.00 bits per heavy atom. The Labute approximate surface area is 225 Å². The van der Waals surface area contributed by atoms with Crippen LogP contribution in [0.15, 0.2) is 77.3 Å².